The quantitative estimate of drug-likeness (QED) is 0.763. The second kappa shape index (κ2) is 7.61. The molecule has 3 heteroatoms. The van der Waals surface area contributed by atoms with Gasteiger partial charge < -0.3 is 15.1 Å². The van der Waals surface area contributed by atoms with Gasteiger partial charge in [0, 0.05) is 25.2 Å². The van der Waals surface area contributed by atoms with Gasteiger partial charge in [0.1, 0.15) is 0 Å². The molecule has 112 valence electrons. The van der Waals surface area contributed by atoms with E-state index in [2.05, 4.69) is 36.1 Å². The summed E-state index contributed by atoms with van der Waals surface area (Å²) in [5.74, 6) is 0.935. The molecule has 0 aromatic carbocycles. The van der Waals surface area contributed by atoms with E-state index >= 15 is 0 Å². The van der Waals surface area contributed by atoms with Crippen molar-refractivity contribution in [1.82, 2.24) is 15.1 Å². The van der Waals surface area contributed by atoms with Gasteiger partial charge in [0.25, 0.3) is 0 Å². The monoisotopic (exact) mass is 267 g/mol. The zero-order valence-electron chi connectivity index (χ0n) is 13.2. The first-order valence-corrected chi connectivity index (χ1v) is 8.33. The van der Waals surface area contributed by atoms with Gasteiger partial charge in [0.05, 0.1) is 0 Å². The number of nitrogens with zero attached hydrogens (tertiary/aromatic N) is 2. The minimum absolute atomic E-state index is 0.739. The van der Waals surface area contributed by atoms with Crippen LogP contribution in [-0.2, 0) is 0 Å². The average molecular weight is 267 g/mol. The highest BCUT2D eigenvalue weighted by Gasteiger charge is 2.30. The molecule has 2 rings (SSSR count). The SMILES string of the molecule is CCCNC(CN1CCC(N(C)C)C1)C1CCCC1. The summed E-state index contributed by atoms with van der Waals surface area (Å²) in [6, 6.07) is 1.51. The van der Waals surface area contributed by atoms with Gasteiger partial charge >= 0.3 is 0 Å². The second-order valence-electron chi connectivity index (χ2n) is 6.77. The minimum atomic E-state index is 0.739. The molecule has 0 spiro atoms. The van der Waals surface area contributed by atoms with E-state index in [0.29, 0.717) is 0 Å². The van der Waals surface area contributed by atoms with E-state index in [-0.39, 0.29) is 0 Å². The van der Waals surface area contributed by atoms with Crippen LogP contribution in [0, 0.1) is 5.92 Å². The molecule has 1 aliphatic carbocycles. The number of likely N-dealkylation sites (N-methyl/N-ethyl adjacent to an activating group) is 1. The van der Waals surface area contributed by atoms with E-state index in [1.807, 2.05) is 0 Å². The van der Waals surface area contributed by atoms with Gasteiger partial charge in [0.15, 0.2) is 0 Å². The Morgan fingerprint density at radius 2 is 1.95 bits per heavy atom. The largest absolute Gasteiger partial charge is 0.312 e. The third-order valence-corrected chi connectivity index (χ3v) is 5.06. The molecular formula is C16H33N3. The van der Waals surface area contributed by atoms with Gasteiger partial charge in [-0.3, -0.25) is 0 Å². The van der Waals surface area contributed by atoms with Crippen molar-refractivity contribution in [2.75, 3.05) is 40.3 Å². The Labute approximate surface area is 119 Å². The number of nitrogens with one attached hydrogen (secondary N) is 1. The highest BCUT2D eigenvalue weighted by molar-refractivity contribution is 4.87. The van der Waals surface area contributed by atoms with Crippen molar-refractivity contribution in [3.8, 4) is 0 Å². The summed E-state index contributed by atoms with van der Waals surface area (Å²) >= 11 is 0. The highest BCUT2D eigenvalue weighted by Crippen LogP contribution is 2.28. The molecule has 0 aromatic heterocycles. The van der Waals surface area contributed by atoms with Gasteiger partial charge in [0.2, 0.25) is 0 Å². The van der Waals surface area contributed by atoms with Crippen LogP contribution in [0.15, 0.2) is 0 Å². The standard InChI is InChI=1S/C16H33N3/c1-4-10-17-16(14-7-5-6-8-14)13-19-11-9-15(12-19)18(2)3/h14-17H,4-13H2,1-3H3. The van der Waals surface area contributed by atoms with Crippen molar-refractivity contribution in [2.45, 2.75) is 57.5 Å². The van der Waals surface area contributed by atoms with Gasteiger partial charge in [-0.25, -0.2) is 0 Å². The van der Waals surface area contributed by atoms with Crippen LogP contribution in [0.25, 0.3) is 0 Å². The summed E-state index contributed by atoms with van der Waals surface area (Å²) in [5.41, 5.74) is 0. The summed E-state index contributed by atoms with van der Waals surface area (Å²) in [5, 5.41) is 3.83. The maximum atomic E-state index is 3.83. The Morgan fingerprint density at radius 1 is 1.21 bits per heavy atom. The molecule has 1 heterocycles. The Balaban J connectivity index is 1.81. The zero-order valence-corrected chi connectivity index (χ0v) is 13.2. The topological polar surface area (TPSA) is 18.5 Å². The van der Waals surface area contributed by atoms with Crippen molar-refractivity contribution in [2.24, 2.45) is 5.92 Å². The fourth-order valence-electron chi connectivity index (χ4n) is 3.75. The van der Waals surface area contributed by atoms with Crippen LogP contribution in [0.3, 0.4) is 0 Å². The van der Waals surface area contributed by atoms with E-state index < -0.39 is 0 Å². The Hall–Kier alpha value is -0.120. The van der Waals surface area contributed by atoms with E-state index in [1.165, 1.54) is 64.7 Å². The van der Waals surface area contributed by atoms with Gasteiger partial charge in [-0.05, 0) is 58.8 Å². The molecule has 1 N–H and O–H groups in total. The zero-order chi connectivity index (χ0) is 13.7. The maximum absolute atomic E-state index is 3.83. The first-order valence-electron chi connectivity index (χ1n) is 8.33. The average Bonchev–Trinajstić information content (AvgIpc) is 3.05. The second-order valence-corrected chi connectivity index (χ2v) is 6.77. The molecule has 0 radical (unpaired) electrons. The van der Waals surface area contributed by atoms with E-state index in [0.717, 1.165) is 18.0 Å². The van der Waals surface area contributed by atoms with Crippen LogP contribution in [0.4, 0.5) is 0 Å². The predicted octanol–water partition coefficient (Wildman–Crippen LogP) is 2.18. The lowest BCUT2D eigenvalue weighted by Crippen LogP contribution is -2.45. The van der Waals surface area contributed by atoms with Crippen LogP contribution in [-0.4, -0.2) is 62.2 Å². The maximum Gasteiger partial charge on any atom is 0.0229 e. The van der Waals surface area contributed by atoms with Crippen LogP contribution in [0.1, 0.15) is 45.4 Å². The number of hydrogen-bond acceptors (Lipinski definition) is 3. The first-order chi connectivity index (χ1) is 9.20. The van der Waals surface area contributed by atoms with Gasteiger partial charge in [-0.1, -0.05) is 19.8 Å². The molecule has 19 heavy (non-hydrogen) atoms. The lowest BCUT2D eigenvalue weighted by molar-refractivity contribution is 0.221. The molecule has 2 atom stereocenters. The number of rotatable bonds is 7. The molecule has 0 amide bonds. The van der Waals surface area contributed by atoms with E-state index in [9.17, 15) is 0 Å². The van der Waals surface area contributed by atoms with Crippen LogP contribution in [0.2, 0.25) is 0 Å². The molecule has 2 aliphatic rings. The molecule has 1 saturated carbocycles. The first kappa shape index (κ1) is 15.3. The van der Waals surface area contributed by atoms with Gasteiger partial charge in [-0.15, -0.1) is 0 Å². The summed E-state index contributed by atoms with van der Waals surface area (Å²) in [6.45, 7) is 7.29. The fraction of sp³-hybridized carbons (Fsp3) is 1.00. The Kier molecular flexibility index (Phi) is 6.11. The molecule has 0 bridgehead atoms. The van der Waals surface area contributed by atoms with Crippen molar-refractivity contribution >= 4 is 0 Å². The minimum Gasteiger partial charge on any atom is -0.312 e. The normalized spacial score (nSPS) is 27.5. The Bertz CT molecular complexity index is 248. The predicted molar refractivity (Wildman–Crippen MR) is 82.6 cm³/mol. The summed E-state index contributed by atoms with van der Waals surface area (Å²) < 4.78 is 0. The lowest BCUT2D eigenvalue weighted by Gasteiger charge is -2.30. The smallest absolute Gasteiger partial charge is 0.0229 e. The fourth-order valence-corrected chi connectivity index (χ4v) is 3.75. The molecule has 1 aliphatic heterocycles. The third kappa shape index (κ3) is 4.44. The Morgan fingerprint density at radius 3 is 2.53 bits per heavy atom. The van der Waals surface area contributed by atoms with Crippen LogP contribution >= 0.6 is 0 Å². The molecule has 2 unspecified atom stereocenters. The molecule has 1 saturated heterocycles. The number of hydrogen-bond donors (Lipinski definition) is 1. The van der Waals surface area contributed by atoms with Crippen molar-refractivity contribution in [1.29, 1.82) is 0 Å². The summed E-state index contributed by atoms with van der Waals surface area (Å²) in [6.07, 6.45) is 8.41. The molecular weight excluding hydrogens is 234 g/mol. The third-order valence-electron chi connectivity index (χ3n) is 5.06. The number of likely N-dealkylation sites (tertiary alicyclic amines) is 1. The summed E-state index contributed by atoms with van der Waals surface area (Å²) in [4.78, 5) is 5.08. The van der Waals surface area contributed by atoms with Crippen molar-refractivity contribution in [3.05, 3.63) is 0 Å². The van der Waals surface area contributed by atoms with Crippen molar-refractivity contribution < 1.29 is 0 Å². The van der Waals surface area contributed by atoms with Gasteiger partial charge in [-0.2, -0.15) is 0 Å². The molecule has 3 nitrogen and oxygen atoms in total. The molecule has 2 fully saturated rings. The van der Waals surface area contributed by atoms with E-state index in [4.69, 9.17) is 0 Å². The van der Waals surface area contributed by atoms with Crippen LogP contribution in [0.5, 0.6) is 0 Å². The summed E-state index contributed by atoms with van der Waals surface area (Å²) in [7, 11) is 4.44. The van der Waals surface area contributed by atoms with E-state index in [1.54, 1.807) is 0 Å². The highest BCUT2D eigenvalue weighted by atomic mass is 15.2. The molecule has 0 aromatic rings. The lowest BCUT2D eigenvalue weighted by atomic mass is 9.97. The van der Waals surface area contributed by atoms with Crippen LogP contribution < -0.4 is 5.32 Å². The van der Waals surface area contributed by atoms with Crippen molar-refractivity contribution in [3.63, 3.8) is 0 Å².